The summed E-state index contributed by atoms with van der Waals surface area (Å²) in [6.07, 6.45) is 4.57. The van der Waals surface area contributed by atoms with Crippen LogP contribution in [0.25, 0.3) is 0 Å². The van der Waals surface area contributed by atoms with Crippen molar-refractivity contribution in [3.05, 3.63) is 11.6 Å². The summed E-state index contributed by atoms with van der Waals surface area (Å²) in [6, 6.07) is 0. The van der Waals surface area contributed by atoms with Crippen LogP contribution in [0.5, 0.6) is 0 Å². The van der Waals surface area contributed by atoms with Crippen LogP contribution >= 0.6 is 0 Å². The first kappa shape index (κ1) is 10.3. The van der Waals surface area contributed by atoms with E-state index < -0.39 is 0 Å². The van der Waals surface area contributed by atoms with E-state index in [1.165, 1.54) is 18.1 Å². The highest BCUT2D eigenvalue weighted by Crippen LogP contribution is 2.29. The van der Waals surface area contributed by atoms with Gasteiger partial charge in [-0.3, -0.25) is 0 Å². The zero-order valence-corrected chi connectivity index (χ0v) is 9.85. The largest absolute Gasteiger partial charge is 0.381 e. The molecule has 0 spiro atoms. The fraction of sp³-hybridized carbons (Fsp3) is 0.833. The highest BCUT2D eigenvalue weighted by Gasteiger charge is 2.26. The van der Waals surface area contributed by atoms with E-state index in [1.807, 2.05) is 0 Å². The van der Waals surface area contributed by atoms with Crippen molar-refractivity contribution < 1.29 is 4.74 Å². The Bertz CT molecular complexity index is 368. The third-order valence-corrected chi connectivity index (χ3v) is 3.82. The van der Waals surface area contributed by atoms with Crippen molar-refractivity contribution in [3.8, 4) is 0 Å². The minimum atomic E-state index is 0.573. The lowest BCUT2D eigenvalue weighted by molar-refractivity contribution is 0.0825. The molecule has 1 aromatic rings. The molecule has 88 valence electrons. The van der Waals surface area contributed by atoms with Crippen molar-refractivity contribution in [2.75, 3.05) is 13.2 Å². The molecule has 3 rings (SSSR count). The summed E-state index contributed by atoms with van der Waals surface area (Å²) in [4.78, 5) is 0. The number of hydrogen-bond acceptors (Lipinski definition) is 3. The van der Waals surface area contributed by atoms with Crippen LogP contribution in [0.4, 0.5) is 0 Å². The Balaban J connectivity index is 1.85. The van der Waals surface area contributed by atoms with Gasteiger partial charge in [-0.05, 0) is 25.2 Å². The van der Waals surface area contributed by atoms with Gasteiger partial charge in [0.2, 0.25) is 0 Å². The summed E-state index contributed by atoms with van der Waals surface area (Å²) in [6.45, 7) is 5.16. The van der Waals surface area contributed by atoms with Crippen LogP contribution in [0.3, 0.4) is 0 Å². The number of ether oxygens (including phenoxy) is 1. The zero-order valence-electron chi connectivity index (χ0n) is 9.85. The van der Waals surface area contributed by atoms with Gasteiger partial charge in [0.1, 0.15) is 11.6 Å². The Morgan fingerprint density at radius 2 is 2.00 bits per heavy atom. The minimum absolute atomic E-state index is 0.573. The van der Waals surface area contributed by atoms with E-state index in [0.717, 1.165) is 44.9 Å². The molecule has 1 atom stereocenters. The van der Waals surface area contributed by atoms with Gasteiger partial charge in [0.25, 0.3) is 0 Å². The van der Waals surface area contributed by atoms with Gasteiger partial charge >= 0.3 is 0 Å². The normalized spacial score (nSPS) is 26.7. The maximum atomic E-state index is 5.40. The lowest BCUT2D eigenvalue weighted by Gasteiger charge is -2.25. The zero-order chi connectivity index (χ0) is 11.0. The fourth-order valence-electron chi connectivity index (χ4n) is 2.76. The Morgan fingerprint density at radius 3 is 2.81 bits per heavy atom. The van der Waals surface area contributed by atoms with Crippen molar-refractivity contribution >= 4 is 0 Å². The first-order chi connectivity index (χ1) is 7.84. The van der Waals surface area contributed by atoms with E-state index in [-0.39, 0.29) is 0 Å². The molecule has 0 bridgehead atoms. The molecule has 0 radical (unpaired) electrons. The van der Waals surface area contributed by atoms with Gasteiger partial charge in [0.15, 0.2) is 0 Å². The summed E-state index contributed by atoms with van der Waals surface area (Å²) in [5.41, 5.74) is 0. The number of nitrogens with zero attached hydrogens (tertiary/aromatic N) is 3. The minimum Gasteiger partial charge on any atom is -0.381 e. The molecule has 0 amide bonds. The Kier molecular flexibility index (Phi) is 2.67. The van der Waals surface area contributed by atoms with Gasteiger partial charge in [-0.15, -0.1) is 10.2 Å². The van der Waals surface area contributed by atoms with Crippen molar-refractivity contribution in [3.63, 3.8) is 0 Å². The first-order valence-electron chi connectivity index (χ1n) is 6.34. The number of hydrogen-bond donors (Lipinski definition) is 0. The van der Waals surface area contributed by atoms with Crippen LogP contribution in [0.2, 0.25) is 0 Å². The van der Waals surface area contributed by atoms with Crippen LogP contribution in [-0.4, -0.2) is 28.0 Å². The quantitative estimate of drug-likeness (QED) is 0.725. The van der Waals surface area contributed by atoms with Crippen LogP contribution in [0, 0.1) is 5.92 Å². The molecule has 2 aliphatic rings. The van der Waals surface area contributed by atoms with E-state index in [4.69, 9.17) is 4.74 Å². The SMILES string of the molecule is CC1CCn2c(nnc2C2CCOCC2)C1. The summed E-state index contributed by atoms with van der Waals surface area (Å²) < 4.78 is 7.76. The molecular formula is C12H19N3O. The molecular weight excluding hydrogens is 202 g/mol. The van der Waals surface area contributed by atoms with Crippen LogP contribution in [0.15, 0.2) is 0 Å². The van der Waals surface area contributed by atoms with Crippen LogP contribution in [0.1, 0.15) is 43.8 Å². The molecule has 0 aromatic carbocycles. The molecule has 1 unspecified atom stereocenters. The van der Waals surface area contributed by atoms with E-state index >= 15 is 0 Å². The third-order valence-electron chi connectivity index (χ3n) is 3.82. The molecule has 2 aliphatic heterocycles. The molecule has 0 saturated carbocycles. The molecule has 1 saturated heterocycles. The van der Waals surface area contributed by atoms with Crippen LogP contribution < -0.4 is 0 Å². The second-order valence-corrected chi connectivity index (χ2v) is 5.11. The predicted octanol–water partition coefficient (Wildman–Crippen LogP) is 1.75. The van der Waals surface area contributed by atoms with Gasteiger partial charge in [0.05, 0.1) is 0 Å². The standard InChI is InChI=1S/C12H19N3O/c1-9-2-5-15-11(8-9)13-14-12(15)10-3-6-16-7-4-10/h9-10H,2-8H2,1H3. The molecule has 1 aromatic heterocycles. The maximum Gasteiger partial charge on any atom is 0.136 e. The smallest absolute Gasteiger partial charge is 0.136 e. The van der Waals surface area contributed by atoms with Crippen molar-refractivity contribution in [1.29, 1.82) is 0 Å². The highest BCUT2D eigenvalue weighted by atomic mass is 16.5. The number of rotatable bonds is 1. The van der Waals surface area contributed by atoms with Gasteiger partial charge in [-0.25, -0.2) is 0 Å². The summed E-state index contributed by atoms with van der Waals surface area (Å²) in [7, 11) is 0. The molecule has 0 aliphatic carbocycles. The van der Waals surface area contributed by atoms with Gasteiger partial charge < -0.3 is 9.30 Å². The Hall–Kier alpha value is -0.900. The second kappa shape index (κ2) is 4.17. The lowest BCUT2D eigenvalue weighted by Crippen LogP contribution is -2.22. The van der Waals surface area contributed by atoms with Gasteiger partial charge in [-0.1, -0.05) is 6.92 Å². The van der Waals surface area contributed by atoms with Crippen molar-refractivity contribution in [1.82, 2.24) is 14.8 Å². The van der Waals surface area contributed by atoms with E-state index in [9.17, 15) is 0 Å². The second-order valence-electron chi connectivity index (χ2n) is 5.11. The number of fused-ring (bicyclic) bond motifs is 1. The van der Waals surface area contributed by atoms with Gasteiger partial charge in [0, 0.05) is 32.1 Å². The lowest BCUT2D eigenvalue weighted by atomic mass is 9.97. The summed E-state index contributed by atoms with van der Waals surface area (Å²) >= 11 is 0. The molecule has 1 fully saturated rings. The maximum absolute atomic E-state index is 5.40. The molecule has 4 nitrogen and oxygen atoms in total. The van der Waals surface area contributed by atoms with Crippen molar-refractivity contribution in [2.45, 2.75) is 45.1 Å². The summed E-state index contributed by atoms with van der Waals surface area (Å²) in [5, 5.41) is 8.77. The van der Waals surface area contributed by atoms with Crippen molar-refractivity contribution in [2.24, 2.45) is 5.92 Å². The molecule has 3 heterocycles. The van der Waals surface area contributed by atoms with Gasteiger partial charge in [-0.2, -0.15) is 0 Å². The van der Waals surface area contributed by atoms with E-state index in [2.05, 4.69) is 21.7 Å². The third kappa shape index (κ3) is 1.75. The average molecular weight is 221 g/mol. The Labute approximate surface area is 96.0 Å². The van der Waals surface area contributed by atoms with Crippen LogP contribution in [-0.2, 0) is 17.7 Å². The molecule has 4 heteroatoms. The van der Waals surface area contributed by atoms with E-state index in [0.29, 0.717) is 5.92 Å². The fourth-order valence-corrected chi connectivity index (χ4v) is 2.76. The topological polar surface area (TPSA) is 39.9 Å². The number of aromatic nitrogens is 3. The first-order valence-corrected chi connectivity index (χ1v) is 6.34. The predicted molar refractivity (Wildman–Crippen MR) is 60.3 cm³/mol. The van der Waals surface area contributed by atoms with E-state index in [1.54, 1.807) is 0 Å². The summed E-state index contributed by atoms with van der Waals surface area (Å²) in [5.74, 6) is 3.74. The monoisotopic (exact) mass is 221 g/mol. The average Bonchev–Trinajstić information content (AvgIpc) is 2.73. The highest BCUT2D eigenvalue weighted by molar-refractivity contribution is 5.05. The molecule has 0 N–H and O–H groups in total. The Morgan fingerprint density at radius 1 is 1.19 bits per heavy atom. The molecule has 16 heavy (non-hydrogen) atoms.